The van der Waals surface area contributed by atoms with Crippen LogP contribution in [-0.4, -0.2) is 33.7 Å². The third-order valence-electron chi connectivity index (χ3n) is 1.70. The number of H-pyrrole nitrogens is 1. The van der Waals surface area contributed by atoms with E-state index in [0.717, 1.165) is 0 Å². The van der Waals surface area contributed by atoms with E-state index in [1.54, 1.807) is 0 Å². The molecule has 0 aliphatic rings. The van der Waals surface area contributed by atoms with Crippen LogP contribution in [0.25, 0.3) is 0 Å². The van der Waals surface area contributed by atoms with Gasteiger partial charge in [0.05, 0.1) is 11.9 Å². The van der Waals surface area contributed by atoms with Crippen LogP contribution in [0, 0.1) is 0 Å². The summed E-state index contributed by atoms with van der Waals surface area (Å²) in [5, 5.41) is 17.5. The molecule has 0 aliphatic carbocycles. The molecular weight excluding hydrogens is 186 g/mol. The number of hydrogen-bond donors (Lipinski definition) is 3. The number of hydrogen-bond acceptors (Lipinski definition) is 3. The van der Waals surface area contributed by atoms with Crippen LogP contribution in [0.3, 0.4) is 0 Å². The van der Waals surface area contributed by atoms with Crippen molar-refractivity contribution in [2.45, 2.75) is 13.3 Å². The average Bonchev–Trinajstić information content (AvgIpc) is 2.51. The van der Waals surface area contributed by atoms with E-state index in [2.05, 4.69) is 15.5 Å². The highest BCUT2D eigenvalue weighted by molar-refractivity contribution is 5.88. The Labute approximate surface area is 80.3 Å². The van der Waals surface area contributed by atoms with Gasteiger partial charge in [-0.3, -0.25) is 9.89 Å². The summed E-state index contributed by atoms with van der Waals surface area (Å²) >= 11 is 0. The number of carbonyl (C=O) groups is 2. The summed E-state index contributed by atoms with van der Waals surface area (Å²) in [5.41, 5.74) is 0.668. The van der Waals surface area contributed by atoms with Gasteiger partial charge in [-0.2, -0.15) is 5.10 Å². The molecule has 0 saturated carbocycles. The van der Waals surface area contributed by atoms with Gasteiger partial charge in [0.1, 0.15) is 5.56 Å². The van der Waals surface area contributed by atoms with E-state index in [-0.39, 0.29) is 11.5 Å². The van der Waals surface area contributed by atoms with Crippen LogP contribution in [0.15, 0.2) is 6.20 Å². The summed E-state index contributed by atoms with van der Waals surface area (Å²) in [6, 6.07) is 0. The molecular formula is C8H11N3O3. The predicted molar refractivity (Wildman–Crippen MR) is 47.9 cm³/mol. The molecule has 1 amide bonds. The van der Waals surface area contributed by atoms with Crippen LogP contribution in [0.5, 0.6) is 0 Å². The average molecular weight is 197 g/mol. The fourth-order valence-electron chi connectivity index (χ4n) is 1.05. The molecule has 0 aromatic carbocycles. The summed E-state index contributed by atoms with van der Waals surface area (Å²) in [5.74, 6) is -1.15. The maximum Gasteiger partial charge on any atom is 0.339 e. The van der Waals surface area contributed by atoms with Crippen molar-refractivity contribution < 1.29 is 14.7 Å². The van der Waals surface area contributed by atoms with Crippen molar-refractivity contribution in [3.05, 3.63) is 17.5 Å². The quantitative estimate of drug-likeness (QED) is 0.622. The van der Waals surface area contributed by atoms with Crippen LogP contribution < -0.4 is 5.32 Å². The van der Waals surface area contributed by atoms with Gasteiger partial charge in [-0.05, 0) is 0 Å². The largest absolute Gasteiger partial charge is 0.478 e. The molecule has 0 spiro atoms. The van der Waals surface area contributed by atoms with Gasteiger partial charge in [0.25, 0.3) is 0 Å². The Morgan fingerprint density at radius 3 is 2.93 bits per heavy atom. The van der Waals surface area contributed by atoms with Gasteiger partial charge in [0, 0.05) is 19.9 Å². The molecule has 0 bridgehead atoms. The Morgan fingerprint density at radius 1 is 1.64 bits per heavy atom. The molecule has 14 heavy (non-hydrogen) atoms. The first-order chi connectivity index (χ1) is 6.61. The van der Waals surface area contributed by atoms with Crippen LogP contribution in [0.4, 0.5) is 0 Å². The Morgan fingerprint density at radius 2 is 2.36 bits per heavy atom. The molecule has 0 aliphatic heterocycles. The lowest BCUT2D eigenvalue weighted by molar-refractivity contribution is -0.118. The molecule has 0 fully saturated rings. The lowest BCUT2D eigenvalue weighted by atomic mass is 10.2. The number of amides is 1. The first-order valence-electron chi connectivity index (χ1n) is 4.11. The molecule has 1 aromatic heterocycles. The topological polar surface area (TPSA) is 95.1 Å². The highest BCUT2D eigenvalue weighted by atomic mass is 16.4. The van der Waals surface area contributed by atoms with Crippen molar-refractivity contribution in [1.29, 1.82) is 0 Å². The Balaban J connectivity index is 2.54. The minimum atomic E-state index is -1.02. The number of aromatic carboxylic acids is 1. The first kappa shape index (κ1) is 10.2. The fraction of sp³-hybridized carbons (Fsp3) is 0.375. The number of rotatable bonds is 4. The fourth-order valence-corrected chi connectivity index (χ4v) is 1.05. The highest BCUT2D eigenvalue weighted by Gasteiger charge is 2.11. The molecule has 0 saturated heterocycles. The SMILES string of the molecule is CC(=O)NCCc1[nH]ncc1C(=O)O. The second-order valence-electron chi connectivity index (χ2n) is 2.80. The van der Waals surface area contributed by atoms with E-state index >= 15 is 0 Å². The lowest BCUT2D eigenvalue weighted by Gasteiger charge is -2.00. The minimum Gasteiger partial charge on any atom is -0.478 e. The summed E-state index contributed by atoms with van der Waals surface area (Å²) in [6.45, 7) is 1.81. The van der Waals surface area contributed by atoms with Gasteiger partial charge >= 0.3 is 5.97 Å². The summed E-state index contributed by atoms with van der Waals surface area (Å²) < 4.78 is 0. The van der Waals surface area contributed by atoms with Crippen molar-refractivity contribution in [2.24, 2.45) is 0 Å². The molecule has 6 heteroatoms. The standard InChI is InChI=1S/C8H11N3O3/c1-5(12)9-3-2-7-6(8(13)14)4-10-11-7/h4H,2-3H2,1H3,(H,9,12)(H,10,11)(H,13,14). The molecule has 1 aromatic rings. The summed E-state index contributed by atoms with van der Waals surface area (Å²) in [7, 11) is 0. The molecule has 0 atom stereocenters. The van der Waals surface area contributed by atoms with Crippen molar-refractivity contribution in [3.63, 3.8) is 0 Å². The zero-order valence-electron chi connectivity index (χ0n) is 7.70. The van der Waals surface area contributed by atoms with Crippen molar-refractivity contribution >= 4 is 11.9 Å². The maximum atomic E-state index is 10.6. The Kier molecular flexibility index (Phi) is 3.22. The number of carboxylic acids is 1. The summed E-state index contributed by atoms with van der Waals surface area (Å²) in [4.78, 5) is 21.2. The molecule has 1 rings (SSSR count). The maximum absolute atomic E-state index is 10.6. The number of aromatic amines is 1. The van der Waals surface area contributed by atoms with Gasteiger partial charge in [0.2, 0.25) is 5.91 Å². The minimum absolute atomic E-state index is 0.138. The predicted octanol–water partition coefficient (Wildman–Crippen LogP) is -0.214. The van der Waals surface area contributed by atoms with Crippen molar-refractivity contribution in [2.75, 3.05) is 6.54 Å². The zero-order valence-corrected chi connectivity index (χ0v) is 7.70. The van der Waals surface area contributed by atoms with Crippen LogP contribution in [0.2, 0.25) is 0 Å². The van der Waals surface area contributed by atoms with E-state index in [1.165, 1.54) is 13.1 Å². The van der Waals surface area contributed by atoms with Crippen LogP contribution in [0.1, 0.15) is 23.0 Å². The van der Waals surface area contributed by atoms with Gasteiger partial charge in [0.15, 0.2) is 0 Å². The van der Waals surface area contributed by atoms with Crippen LogP contribution >= 0.6 is 0 Å². The van der Waals surface area contributed by atoms with Gasteiger partial charge in [-0.25, -0.2) is 4.79 Å². The van der Waals surface area contributed by atoms with Crippen molar-refractivity contribution in [3.8, 4) is 0 Å². The zero-order chi connectivity index (χ0) is 10.6. The van der Waals surface area contributed by atoms with Gasteiger partial charge in [-0.15, -0.1) is 0 Å². The van der Waals surface area contributed by atoms with Crippen molar-refractivity contribution in [1.82, 2.24) is 15.5 Å². The second-order valence-corrected chi connectivity index (χ2v) is 2.80. The third-order valence-corrected chi connectivity index (χ3v) is 1.70. The highest BCUT2D eigenvalue weighted by Crippen LogP contribution is 2.04. The smallest absolute Gasteiger partial charge is 0.339 e. The van der Waals surface area contributed by atoms with E-state index in [0.29, 0.717) is 18.7 Å². The van der Waals surface area contributed by atoms with Gasteiger partial charge in [-0.1, -0.05) is 0 Å². The summed E-state index contributed by atoms with van der Waals surface area (Å²) in [6.07, 6.45) is 1.69. The number of carboxylic acid groups (broad SMARTS) is 1. The number of aromatic nitrogens is 2. The van der Waals surface area contributed by atoms with Crippen LogP contribution in [-0.2, 0) is 11.2 Å². The Bertz CT molecular complexity index is 345. The molecule has 6 nitrogen and oxygen atoms in total. The van der Waals surface area contributed by atoms with E-state index in [1.807, 2.05) is 0 Å². The third kappa shape index (κ3) is 2.58. The molecule has 0 radical (unpaired) electrons. The number of nitrogens with zero attached hydrogens (tertiary/aromatic N) is 1. The number of carbonyl (C=O) groups excluding carboxylic acids is 1. The number of nitrogens with one attached hydrogen (secondary N) is 2. The second kappa shape index (κ2) is 4.40. The first-order valence-corrected chi connectivity index (χ1v) is 4.11. The molecule has 1 heterocycles. The molecule has 76 valence electrons. The van der Waals surface area contributed by atoms with E-state index in [9.17, 15) is 9.59 Å². The monoisotopic (exact) mass is 197 g/mol. The molecule has 0 unspecified atom stereocenters. The van der Waals surface area contributed by atoms with E-state index < -0.39 is 5.97 Å². The molecule has 3 N–H and O–H groups in total. The Hall–Kier alpha value is -1.85. The normalized spacial score (nSPS) is 9.79. The van der Waals surface area contributed by atoms with Gasteiger partial charge < -0.3 is 10.4 Å². The van der Waals surface area contributed by atoms with E-state index in [4.69, 9.17) is 5.11 Å². The lowest BCUT2D eigenvalue weighted by Crippen LogP contribution is -2.23.